The van der Waals surface area contributed by atoms with Crippen molar-refractivity contribution in [1.82, 2.24) is 0 Å². The van der Waals surface area contributed by atoms with E-state index in [-0.39, 0.29) is 11.4 Å². The maximum Gasteiger partial charge on any atom is 0.416 e. The quantitative estimate of drug-likeness (QED) is 0.851. The topological polar surface area (TPSA) is 38.3 Å². The summed E-state index contributed by atoms with van der Waals surface area (Å²) in [6.07, 6.45) is -4.47. The van der Waals surface area contributed by atoms with E-state index in [9.17, 15) is 18.0 Å². The Morgan fingerprint density at radius 3 is 2.56 bits per heavy atom. The molecular weight excluding hydrogens is 351 g/mol. The minimum absolute atomic E-state index is 0.0684. The lowest BCUT2D eigenvalue weighted by Gasteiger charge is -2.20. The fourth-order valence-corrected chi connectivity index (χ4v) is 3.31. The number of carbonyl (C=O) groups is 1. The van der Waals surface area contributed by atoms with Crippen LogP contribution in [0.15, 0.2) is 60.4 Å². The van der Waals surface area contributed by atoms with Gasteiger partial charge in [0.25, 0.3) is 5.91 Å². The van der Waals surface area contributed by atoms with Crippen LogP contribution in [0.25, 0.3) is 4.91 Å². The average molecular weight is 365 g/mol. The molecule has 3 nitrogen and oxygen atoms in total. The van der Waals surface area contributed by atoms with Crippen molar-refractivity contribution in [1.29, 1.82) is 0 Å². The number of hydrogen-bond donors (Lipinski definition) is 1. The highest BCUT2D eigenvalue weighted by Gasteiger charge is 2.31. The van der Waals surface area contributed by atoms with Crippen LogP contribution in [0.3, 0.4) is 0 Å². The van der Waals surface area contributed by atoms with Crippen LogP contribution >= 0.6 is 11.8 Å². The number of halogens is 3. The highest BCUT2D eigenvalue weighted by Crippen LogP contribution is 2.35. The van der Waals surface area contributed by atoms with Crippen LogP contribution in [0.5, 0.6) is 0 Å². The van der Waals surface area contributed by atoms with Gasteiger partial charge in [-0.1, -0.05) is 36.4 Å². The number of anilines is 1. The third-order valence-electron chi connectivity index (χ3n) is 3.47. The summed E-state index contributed by atoms with van der Waals surface area (Å²) in [5.41, 5.74) is 0.0850. The maximum absolute atomic E-state index is 12.8. The molecule has 0 atom stereocenters. The Labute approximate surface area is 146 Å². The number of hydrogen-bond acceptors (Lipinski definition) is 3. The number of rotatable bonds is 3. The molecule has 0 unspecified atom stereocenters. The standard InChI is InChI=1S/C18H14F3NO2S/c19-18(20,21)13-7-4-8-14(11-13)22-17(23)15-16(25-10-9-24-15)12-5-2-1-3-6-12/h1-8,11H,9-10H2,(H,22,23). The number of nitrogens with one attached hydrogen (secondary N) is 1. The zero-order chi connectivity index (χ0) is 17.9. The van der Waals surface area contributed by atoms with Crippen LogP contribution in [-0.2, 0) is 15.7 Å². The van der Waals surface area contributed by atoms with Gasteiger partial charge in [0.2, 0.25) is 0 Å². The second kappa shape index (κ2) is 7.23. The SMILES string of the molecule is O=C(Nc1cccc(C(F)(F)F)c1)C1=C(c2ccccc2)SCCO1. The van der Waals surface area contributed by atoms with E-state index in [4.69, 9.17) is 4.74 Å². The average Bonchev–Trinajstić information content (AvgIpc) is 2.62. The van der Waals surface area contributed by atoms with Crippen molar-refractivity contribution in [3.8, 4) is 0 Å². The lowest BCUT2D eigenvalue weighted by atomic mass is 10.1. The monoisotopic (exact) mass is 365 g/mol. The molecule has 0 aromatic heterocycles. The van der Waals surface area contributed by atoms with E-state index in [1.165, 1.54) is 23.9 Å². The molecule has 0 saturated heterocycles. The normalized spacial score (nSPS) is 14.8. The smallest absolute Gasteiger partial charge is 0.416 e. The van der Waals surface area contributed by atoms with Gasteiger partial charge in [0.05, 0.1) is 17.1 Å². The van der Waals surface area contributed by atoms with Gasteiger partial charge in [-0.3, -0.25) is 4.79 Å². The second-order valence-corrected chi connectivity index (χ2v) is 6.36. The first-order chi connectivity index (χ1) is 11.9. The lowest BCUT2D eigenvalue weighted by Crippen LogP contribution is -2.21. The summed E-state index contributed by atoms with van der Waals surface area (Å²) in [6, 6.07) is 13.8. The van der Waals surface area contributed by atoms with Gasteiger partial charge in [-0.05, 0) is 23.8 Å². The minimum atomic E-state index is -4.47. The molecule has 2 aromatic rings. The highest BCUT2D eigenvalue weighted by molar-refractivity contribution is 8.08. The van der Waals surface area contributed by atoms with Crippen molar-refractivity contribution in [3.05, 3.63) is 71.5 Å². The molecule has 0 spiro atoms. The molecule has 1 aliphatic rings. The summed E-state index contributed by atoms with van der Waals surface area (Å²) < 4.78 is 43.9. The van der Waals surface area contributed by atoms with Gasteiger partial charge in [-0.15, -0.1) is 11.8 Å². The van der Waals surface area contributed by atoms with E-state index >= 15 is 0 Å². The maximum atomic E-state index is 12.8. The molecule has 1 N–H and O–H groups in total. The van der Waals surface area contributed by atoms with Crippen molar-refractivity contribution in [3.63, 3.8) is 0 Å². The van der Waals surface area contributed by atoms with Gasteiger partial charge >= 0.3 is 6.18 Å². The van der Waals surface area contributed by atoms with Gasteiger partial charge in [0, 0.05) is 11.4 Å². The molecule has 3 rings (SSSR count). The molecule has 0 fully saturated rings. The van der Waals surface area contributed by atoms with Crippen molar-refractivity contribution < 1.29 is 22.7 Å². The molecule has 0 aliphatic carbocycles. The van der Waals surface area contributed by atoms with E-state index in [0.717, 1.165) is 17.7 Å². The fourth-order valence-electron chi connectivity index (χ4n) is 2.35. The summed E-state index contributed by atoms with van der Waals surface area (Å²) in [5.74, 6) is 0.259. The van der Waals surface area contributed by atoms with Crippen LogP contribution in [0.1, 0.15) is 11.1 Å². The zero-order valence-electron chi connectivity index (χ0n) is 13.0. The molecule has 2 aromatic carbocycles. The Balaban J connectivity index is 1.88. The van der Waals surface area contributed by atoms with E-state index in [0.29, 0.717) is 17.3 Å². The Kier molecular flexibility index (Phi) is 5.03. The van der Waals surface area contributed by atoms with E-state index in [1.54, 1.807) is 0 Å². The van der Waals surface area contributed by atoms with Crippen LogP contribution in [0.4, 0.5) is 18.9 Å². The van der Waals surface area contributed by atoms with Gasteiger partial charge in [-0.2, -0.15) is 13.2 Å². The molecule has 0 bridgehead atoms. The Bertz CT molecular complexity index is 803. The van der Waals surface area contributed by atoms with Gasteiger partial charge in [0.1, 0.15) is 0 Å². The molecule has 1 amide bonds. The third kappa shape index (κ3) is 4.17. The molecule has 130 valence electrons. The molecule has 0 saturated carbocycles. The Morgan fingerprint density at radius 2 is 1.84 bits per heavy atom. The predicted octanol–water partition coefficient (Wildman–Crippen LogP) is 4.78. The molecule has 0 radical (unpaired) electrons. The van der Waals surface area contributed by atoms with Gasteiger partial charge in [-0.25, -0.2) is 0 Å². The second-order valence-electron chi connectivity index (χ2n) is 5.25. The minimum Gasteiger partial charge on any atom is -0.486 e. The third-order valence-corrected chi connectivity index (χ3v) is 4.55. The van der Waals surface area contributed by atoms with E-state index in [2.05, 4.69) is 5.32 Å². The fraction of sp³-hybridized carbons (Fsp3) is 0.167. The van der Waals surface area contributed by atoms with Crippen LogP contribution in [-0.4, -0.2) is 18.3 Å². The number of alkyl halides is 3. The summed E-state index contributed by atoms with van der Waals surface area (Å²) in [5, 5.41) is 2.49. The first-order valence-electron chi connectivity index (χ1n) is 7.49. The van der Waals surface area contributed by atoms with Crippen molar-refractivity contribution >= 4 is 28.3 Å². The first-order valence-corrected chi connectivity index (χ1v) is 8.47. The van der Waals surface area contributed by atoms with Crippen molar-refractivity contribution in [2.45, 2.75) is 6.18 Å². The summed E-state index contributed by atoms with van der Waals surface area (Å²) in [6.45, 7) is 0.367. The predicted molar refractivity (Wildman–Crippen MR) is 91.8 cm³/mol. The summed E-state index contributed by atoms with van der Waals surface area (Å²) in [7, 11) is 0. The van der Waals surface area contributed by atoms with Crippen molar-refractivity contribution in [2.24, 2.45) is 0 Å². The van der Waals surface area contributed by atoms with Crippen LogP contribution < -0.4 is 5.32 Å². The lowest BCUT2D eigenvalue weighted by molar-refractivity contribution is -0.137. The van der Waals surface area contributed by atoms with Crippen molar-refractivity contribution in [2.75, 3.05) is 17.7 Å². The Morgan fingerprint density at radius 1 is 1.08 bits per heavy atom. The Hall–Kier alpha value is -2.41. The van der Waals surface area contributed by atoms with Crippen LogP contribution in [0.2, 0.25) is 0 Å². The first kappa shape index (κ1) is 17.4. The number of thioether (sulfide) groups is 1. The number of amides is 1. The molecule has 25 heavy (non-hydrogen) atoms. The van der Waals surface area contributed by atoms with Gasteiger partial charge < -0.3 is 10.1 Å². The molecule has 7 heteroatoms. The molecular formula is C18H14F3NO2S. The largest absolute Gasteiger partial charge is 0.486 e. The van der Waals surface area contributed by atoms with Gasteiger partial charge in [0.15, 0.2) is 5.76 Å². The number of carbonyl (C=O) groups excluding carboxylic acids is 1. The van der Waals surface area contributed by atoms with E-state index in [1.807, 2.05) is 30.3 Å². The highest BCUT2D eigenvalue weighted by atomic mass is 32.2. The number of ether oxygens (including phenoxy) is 1. The zero-order valence-corrected chi connectivity index (χ0v) is 13.8. The summed E-state index contributed by atoms with van der Waals surface area (Å²) in [4.78, 5) is 13.2. The number of benzene rings is 2. The summed E-state index contributed by atoms with van der Waals surface area (Å²) >= 11 is 1.48. The van der Waals surface area contributed by atoms with Crippen LogP contribution in [0, 0.1) is 0 Å². The molecule has 1 heterocycles. The molecule has 1 aliphatic heterocycles. The van der Waals surface area contributed by atoms with E-state index < -0.39 is 17.6 Å².